The molecule has 0 N–H and O–H groups in total. The Morgan fingerprint density at radius 2 is 2.18 bits per heavy atom. The van der Waals surface area contributed by atoms with Crippen LogP contribution in [-0.4, -0.2) is 20.5 Å². The summed E-state index contributed by atoms with van der Waals surface area (Å²) in [6, 6.07) is 5.67. The fourth-order valence-electron chi connectivity index (χ4n) is 1.59. The zero-order chi connectivity index (χ0) is 12.1. The average Bonchev–Trinajstić information content (AvgIpc) is 3.18. The fraction of sp³-hybridized carbons (Fsp3) is 0.538. The molecule has 1 aliphatic carbocycles. The van der Waals surface area contributed by atoms with Gasteiger partial charge in [0.1, 0.15) is 0 Å². The SMILES string of the molecule is COc1cccc(CCl)c1OCOCC1CC1. The third-order valence-corrected chi connectivity index (χ3v) is 3.05. The van der Waals surface area contributed by atoms with Gasteiger partial charge in [0, 0.05) is 5.56 Å². The summed E-state index contributed by atoms with van der Waals surface area (Å²) in [6.45, 7) is 1.03. The van der Waals surface area contributed by atoms with Gasteiger partial charge < -0.3 is 14.2 Å². The second kappa shape index (κ2) is 6.12. The van der Waals surface area contributed by atoms with E-state index in [0.717, 1.165) is 18.1 Å². The number of hydrogen-bond acceptors (Lipinski definition) is 3. The highest BCUT2D eigenvalue weighted by molar-refractivity contribution is 6.17. The maximum absolute atomic E-state index is 5.86. The van der Waals surface area contributed by atoms with Gasteiger partial charge in [-0.15, -0.1) is 11.6 Å². The summed E-state index contributed by atoms with van der Waals surface area (Å²) in [5.74, 6) is 2.51. The average molecular weight is 257 g/mol. The van der Waals surface area contributed by atoms with Gasteiger partial charge in [0.05, 0.1) is 19.6 Å². The summed E-state index contributed by atoms with van der Waals surface area (Å²) in [5, 5.41) is 0. The van der Waals surface area contributed by atoms with Gasteiger partial charge >= 0.3 is 0 Å². The predicted molar refractivity (Wildman–Crippen MR) is 66.7 cm³/mol. The molecule has 1 aliphatic rings. The monoisotopic (exact) mass is 256 g/mol. The second-order valence-electron chi connectivity index (χ2n) is 4.16. The maximum atomic E-state index is 5.86. The molecule has 0 aromatic heterocycles. The molecule has 1 saturated carbocycles. The Kier molecular flexibility index (Phi) is 4.51. The van der Waals surface area contributed by atoms with Crippen LogP contribution in [0.25, 0.3) is 0 Å². The Morgan fingerprint density at radius 3 is 2.82 bits per heavy atom. The Bertz CT molecular complexity index is 341. The number of para-hydroxylation sites is 1. The molecule has 2 rings (SSSR count). The Morgan fingerprint density at radius 1 is 1.35 bits per heavy atom. The summed E-state index contributed by atoms with van der Waals surface area (Å²) < 4.78 is 16.3. The molecule has 0 atom stereocenters. The summed E-state index contributed by atoms with van der Waals surface area (Å²) in [4.78, 5) is 0. The highest BCUT2D eigenvalue weighted by Gasteiger charge is 2.21. The molecular formula is C13H17ClO3. The van der Waals surface area contributed by atoms with Crippen molar-refractivity contribution in [1.29, 1.82) is 0 Å². The molecule has 0 aliphatic heterocycles. The van der Waals surface area contributed by atoms with Gasteiger partial charge in [-0.25, -0.2) is 0 Å². The third-order valence-electron chi connectivity index (χ3n) is 2.76. The molecule has 1 aromatic carbocycles. The largest absolute Gasteiger partial charge is 0.493 e. The Labute approximate surface area is 107 Å². The van der Waals surface area contributed by atoms with Crippen LogP contribution in [0.4, 0.5) is 0 Å². The molecule has 0 heterocycles. The molecule has 1 fully saturated rings. The van der Waals surface area contributed by atoms with Crippen LogP contribution in [0.15, 0.2) is 18.2 Å². The van der Waals surface area contributed by atoms with Crippen molar-refractivity contribution >= 4 is 11.6 Å². The Balaban J connectivity index is 1.91. The first-order valence-corrected chi connectivity index (χ1v) is 6.31. The first-order chi connectivity index (χ1) is 8.35. The summed E-state index contributed by atoms with van der Waals surface area (Å²) >= 11 is 5.86. The summed E-state index contributed by atoms with van der Waals surface area (Å²) in [7, 11) is 1.62. The number of methoxy groups -OCH3 is 1. The molecule has 94 valence electrons. The molecule has 0 bridgehead atoms. The van der Waals surface area contributed by atoms with Gasteiger partial charge in [-0.3, -0.25) is 0 Å². The number of benzene rings is 1. The quantitative estimate of drug-likeness (QED) is 0.426. The predicted octanol–water partition coefficient (Wildman–Crippen LogP) is 3.20. The maximum Gasteiger partial charge on any atom is 0.189 e. The van der Waals surface area contributed by atoms with Crippen LogP contribution in [-0.2, 0) is 10.6 Å². The van der Waals surface area contributed by atoms with Gasteiger partial charge in [0.2, 0.25) is 0 Å². The zero-order valence-electron chi connectivity index (χ0n) is 9.95. The van der Waals surface area contributed by atoms with Gasteiger partial charge in [-0.05, 0) is 24.8 Å². The van der Waals surface area contributed by atoms with Crippen molar-refractivity contribution in [3.63, 3.8) is 0 Å². The number of alkyl halides is 1. The standard InChI is InChI=1S/C13H17ClO3/c1-15-12-4-2-3-11(7-14)13(12)17-9-16-8-10-5-6-10/h2-4,10H,5-9H2,1H3. The lowest BCUT2D eigenvalue weighted by Gasteiger charge is -2.13. The van der Waals surface area contributed by atoms with Crippen molar-refractivity contribution in [1.82, 2.24) is 0 Å². The lowest BCUT2D eigenvalue weighted by Crippen LogP contribution is -2.07. The van der Waals surface area contributed by atoms with Gasteiger partial charge in [-0.1, -0.05) is 12.1 Å². The van der Waals surface area contributed by atoms with Crippen LogP contribution in [0.5, 0.6) is 11.5 Å². The number of hydrogen-bond donors (Lipinski definition) is 0. The molecular weight excluding hydrogens is 240 g/mol. The van der Waals surface area contributed by atoms with Crippen molar-refractivity contribution < 1.29 is 14.2 Å². The lowest BCUT2D eigenvalue weighted by molar-refractivity contribution is 0.00824. The molecule has 0 spiro atoms. The van der Waals surface area contributed by atoms with Crippen LogP contribution >= 0.6 is 11.6 Å². The van der Waals surface area contributed by atoms with E-state index >= 15 is 0 Å². The number of ether oxygens (including phenoxy) is 3. The van der Waals surface area contributed by atoms with Crippen molar-refractivity contribution in [2.24, 2.45) is 5.92 Å². The van der Waals surface area contributed by atoms with Crippen LogP contribution in [0.2, 0.25) is 0 Å². The van der Waals surface area contributed by atoms with Gasteiger partial charge in [0.25, 0.3) is 0 Å². The second-order valence-corrected chi connectivity index (χ2v) is 4.43. The minimum absolute atomic E-state index is 0.251. The van der Waals surface area contributed by atoms with Crippen LogP contribution in [0, 0.1) is 5.92 Å². The summed E-state index contributed by atoms with van der Waals surface area (Å²) in [6.07, 6.45) is 2.56. The minimum Gasteiger partial charge on any atom is -0.493 e. The first kappa shape index (κ1) is 12.5. The lowest BCUT2D eigenvalue weighted by atomic mass is 10.2. The van der Waals surface area contributed by atoms with Crippen molar-refractivity contribution in [3.8, 4) is 11.5 Å². The van der Waals surface area contributed by atoms with E-state index in [1.54, 1.807) is 7.11 Å². The van der Waals surface area contributed by atoms with Crippen molar-refractivity contribution in [3.05, 3.63) is 23.8 Å². The first-order valence-electron chi connectivity index (χ1n) is 5.77. The molecule has 3 nitrogen and oxygen atoms in total. The number of rotatable bonds is 7. The van der Waals surface area contributed by atoms with E-state index in [2.05, 4.69) is 0 Å². The van der Waals surface area contributed by atoms with Gasteiger partial charge in [-0.2, -0.15) is 0 Å². The van der Waals surface area contributed by atoms with E-state index in [4.69, 9.17) is 25.8 Å². The van der Waals surface area contributed by atoms with Crippen LogP contribution < -0.4 is 9.47 Å². The molecule has 17 heavy (non-hydrogen) atoms. The van der Waals surface area contributed by atoms with Crippen molar-refractivity contribution in [2.75, 3.05) is 20.5 Å². The Hall–Kier alpha value is -0.930. The van der Waals surface area contributed by atoms with E-state index in [1.807, 2.05) is 18.2 Å². The zero-order valence-corrected chi connectivity index (χ0v) is 10.7. The number of halogens is 1. The summed E-state index contributed by atoms with van der Waals surface area (Å²) in [5.41, 5.74) is 0.918. The van der Waals surface area contributed by atoms with Crippen molar-refractivity contribution in [2.45, 2.75) is 18.7 Å². The molecule has 0 unspecified atom stereocenters. The smallest absolute Gasteiger partial charge is 0.189 e. The van der Waals surface area contributed by atoms with E-state index < -0.39 is 0 Å². The van der Waals surface area contributed by atoms with E-state index in [9.17, 15) is 0 Å². The minimum atomic E-state index is 0.251. The van der Waals surface area contributed by atoms with Crippen LogP contribution in [0.1, 0.15) is 18.4 Å². The molecule has 0 amide bonds. The molecule has 0 saturated heterocycles. The molecule has 0 radical (unpaired) electrons. The van der Waals surface area contributed by atoms with E-state index in [1.165, 1.54) is 12.8 Å². The highest BCUT2D eigenvalue weighted by atomic mass is 35.5. The highest BCUT2D eigenvalue weighted by Crippen LogP contribution is 2.32. The fourth-order valence-corrected chi connectivity index (χ4v) is 1.80. The molecule has 1 aromatic rings. The molecule has 4 heteroatoms. The third kappa shape index (κ3) is 3.51. The van der Waals surface area contributed by atoms with E-state index in [-0.39, 0.29) is 6.79 Å². The normalized spacial score (nSPS) is 14.7. The topological polar surface area (TPSA) is 27.7 Å². The van der Waals surface area contributed by atoms with Gasteiger partial charge in [0.15, 0.2) is 18.3 Å². The van der Waals surface area contributed by atoms with E-state index in [0.29, 0.717) is 17.4 Å². The van der Waals surface area contributed by atoms with Crippen LogP contribution in [0.3, 0.4) is 0 Å².